The van der Waals surface area contributed by atoms with Crippen LogP contribution in [0.2, 0.25) is 10.0 Å². The Balaban J connectivity index is 2.82. The Morgan fingerprint density at radius 2 is 1.39 bits per heavy atom. The molecule has 0 aliphatic carbocycles. The average Bonchev–Trinajstić information content (AvgIpc) is 2.37. The zero-order valence-corrected chi connectivity index (χ0v) is 12.3. The molecular formula is C13H5Cl2F6NO. The molecule has 0 amide bonds. The molecule has 0 unspecified atom stereocenters. The second kappa shape index (κ2) is 5.76. The zero-order valence-electron chi connectivity index (χ0n) is 10.7. The lowest BCUT2D eigenvalue weighted by molar-refractivity contribution is -0.138. The molecule has 23 heavy (non-hydrogen) atoms. The van der Waals surface area contributed by atoms with E-state index in [2.05, 4.69) is 0 Å². The highest BCUT2D eigenvalue weighted by molar-refractivity contribution is 6.39. The van der Waals surface area contributed by atoms with Crippen LogP contribution in [0.1, 0.15) is 11.1 Å². The summed E-state index contributed by atoms with van der Waals surface area (Å²) in [6.45, 7) is 0. The summed E-state index contributed by atoms with van der Waals surface area (Å²) in [4.78, 5) is 13.8. The van der Waals surface area contributed by atoms with Crippen LogP contribution in [0.5, 0.6) is 0 Å². The second-order valence-corrected chi connectivity index (χ2v) is 5.22. The molecule has 0 saturated carbocycles. The number of nitrogens with one attached hydrogen (secondary N) is 1. The van der Waals surface area contributed by atoms with Crippen molar-refractivity contribution in [2.75, 3.05) is 0 Å². The summed E-state index contributed by atoms with van der Waals surface area (Å²) in [6.07, 6.45) is -8.94. The van der Waals surface area contributed by atoms with Crippen LogP contribution in [0.15, 0.2) is 29.2 Å². The van der Waals surface area contributed by atoms with Crippen molar-refractivity contribution >= 4 is 23.2 Å². The number of halogens is 8. The van der Waals surface area contributed by atoms with Gasteiger partial charge in [-0.05, 0) is 18.2 Å². The van der Waals surface area contributed by atoms with E-state index < -0.39 is 50.2 Å². The number of benzene rings is 1. The normalized spacial score (nSPS) is 12.5. The Labute approximate surface area is 134 Å². The van der Waals surface area contributed by atoms with E-state index >= 15 is 0 Å². The fourth-order valence-electron chi connectivity index (χ4n) is 1.94. The Bertz CT molecular complexity index is 786. The van der Waals surface area contributed by atoms with E-state index in [0.717, 1.165) is 6.20 Å². The first kappa shape index (κ1) is 17.7. The summed E-state index contributed by atoms with van der Waals surface area (Å²) in [5.41, 5.74) is -5.33. The van der Waals surface area contributed by atoms with E-state index in [1.54, 1.807) is 0 Å². The van der Waals surface area contributed by atoms with Crippen molar-refractivity contribution < 1.29 is 26.3 Å². The largest absolute Gasteiger partial charge is 0.417 e. The first-order chi connectivity index (χ1) is 10.4. The quantitative estimate of drug-likeness (QED) is 0.666. The highest BCUT2D eigenvalue weighted by atomic mass is 35.5. The number of aromatic amines is 1. The molecule has 1 N–H and O–H groups in total. The smallest absolute Gasteiger partial charge is 0.329 e. The monoisotopic (exact) mass is 375 g/mol. The lowest BCUT2D eigenvalue weighted by atomic mass is 9.99. The van der Waals surface area contributed by atoms with Crippen molar-refractivity contribution in [3.63, 3.8) is 0 Å². The standard InChI is InChI=1S/C13H5Cl2F6NO/c14-7-3-5(12(16,17)18)4-8(15)10(7)9-6(13(19,20)21)1-2-22-11(9)23/h1-4H,(H,22,23). The van der Waals surface area contributed by atoms with Gasteiger partial charge in [-0.15, -0.1) is 0 Å². The molecule has 10 heteroatoms. The molecule has 0 atom stereocenters. The van der Waals surface area contributed by atoms with Gasteiger partial charge >= 0.3 is 12.4 Å². The van der Waals surface area contributed by atoms with Crippen LogP contribution in [0, 0.1) is 0 Å². The Morgan fingerprint density at radius 1 is 0.870 bits per heavy atom. The molecule has 1 heterocycles. The molecule has 2 aromatic rings. The summed E-state index contributed by atoms with van der Waals surface area (Å²) < 4.78 is 77.1. The molecule has 124 valence electrons. The number of H-pyrrole nitrogens is 1. The van der Waals surface area contributed by atoms with Crippen LogP contribution in [0.3, 0.4) is 0 Å². The minimum absolute atomic E-state index is 0.412. The van der Waals surface area contributed by atoms with E-state index in [-0.39, 0.29) is 0 Å². The number of hydrogen-bond acceptors (Lipinski definition) is 1. The fourth-order valence-corrected chi connectivity index (χ4v) is 2.61. The van der Waals surface area contributed by atoms with Crippen LogP contribution in [-0.2, 0) is 12.4 Å². The maximum atomic E-state index is 13.0. The van der Waals surface area contributed by atoms with Gasteiger partial charge in [-0.1, -0.05) is 23.2 Å². The maximum Gasteiger partial charge on any atom is 0.417 e. The van der Waals surface area contributed by atoms with Crippen LogP contribution in [-0.4, -0.2) is 4.98 Å². The first-order valence-corrected chi connectivity index (χ1v) is 6.54. The van der Waals surface area contributed by atoms with Gasteiger partial charge in [-0.25, -0.2) is 0 Å². The number of alkyl halides is 6. The molecule has 0 fully saturated rings. The van der Waals surface area contributed by atoms with E-state index in [9.17, 15) is 31.1 Å². The van der Waals surface area contributed by atoms with Gasteiger partial charge in [0.1, 0.15) is 0 Å². The summed E-state index contributed by atoms with van der Waals surface area (Å²) in [5.74, 6) is 0. The molecule has 1 aromatic heterocycles. The number of pyridine rings is 1. The van der Waals surface area contributed by atoms with Crippen molar-refractivity contribution in [1.82, 2.24) is 4.98 Å². The molecular weight excluding hydrogens is 371 g/mol. The van der Waals surface area contributed by atoms with Crippen molar-refractivity contribution in [3.8, 4) is 11.1 Å². The minimum Gasteiger partial charge on any atom is -0.329 e. The van der Waals surface area contributed by atoms with Gasteiger partial charge in [0.15, 0.2) is 0 Å². The van der Waals surface area contributed by atoms with E-state index in [1.165, 1.54) is 0 Å². The van der Waals surface area contributed by atoms with E-state index in [4.69, 9.17) is 23.2 Å². The molecule has 0 radical (unpaired) electrons. The minimum atomic E-state index is -4.92. The Hall–Kier alpha value is -1.67. The van der Waals surface area contributed by atoms with Crippen LogP contribution < -0.4 is 5.56 Å². The third-order valence-electron chi connectivity index (χ3n) is 2.89. The maximum absolute atomic E-state index is 13.0. The molecule has 0 bridgehead atoms. The predicted octanol–water partition coefficient (Wildman–Crippen LogP) is 5.39. The molecule has 2 nitrogen and oxygen atoms in total. The second-order valence-electron chi connectivity index (χ2n) is 4.41. The van der Waals surface area contributed by atoms with Crippen molar-refractivity contribution in [2.24, 2.45) is 0 Å². The van der Waals surface area contributed by atoms with E-state index in [1.807, 2.05) is 4.98 Å². The van der Waals surface area contributed by atoms with Gasteiger partial charge in [-0.3, -0.25) is 4.79 Å². The van der Waals surface area contributed by atoms with Crippen molar-refractivity contribution in [2.45, 2.75) is 12.4 Å². The van der Waals surface area contributed by atoms with Crippen molar-refractivity contribution in [1.29, 1.82) is 0 Å². The number of rotatable bonds is 1. The topological polar surface area (TPSA) is 32.9 Å². The molecule has 0 spiro atoms. The summed E-state index contributed by atoms with van der Waals surface area (Å²) in [6, 6.07) is 1.39. The van der Waals surface area contributed by atoms with Crippen LogP contribution in [0.4, 0.5) is 26.3 Å². The molecule has 0 aliphatic heterocycles. The summed E-state index contributed by atoms with van der Waals surface area (Å²) >= 11 is 11.3. The van der Waals surface area contributed by atoms with Crippen LogP contribution in [0.25, 0.3) is 11.1 Å². The molecule has 0 saturated heterocycles. The number of aromatic nitrogens is 1. The van der Waals surface area contributed by atoms with Gasteiger partial charge < -0.3 is 4.98 Å². The Morgan fingerprint density at radius 3 is 1.83 bits per heavy atom. The van der Waals surface area contributed by atoms with Gasteiger partial charge in [0, 0.05) is 11.8 Å². The highest BCUT2D eigenvalue weighted by Gasteiger charge is 2.37. The summed E-state index contributed by atoms with van der Waals surface area (Å²) in [5, 5.41) is -1.43. The van der Waals surface area contributed by atoms with Gasteiger partial charge in [0.2, 0.25) is 0 Å². The lowest BCUT2D eigenvalue weighted by Gasteiger charge is -2.16. The SMILES string of the molecule is O=c1[nH]ccc(C(F)(F)F)c1-c1c(Cl)cc(C(F)(F)F)cc1Cl. The molecule has 1 aromatic carbocycles. The first-order valence-electron chi connectivity index (χ1n) is 5.78. The van der Waals surface area contributed by atoms with Gasteiger partial charge in [-0.2, -0.15) is 26.3 Å². The zero-order chi connectivity index (χ0) is 17.6. The van der Waals surface area contributed by atoms with Crippen molar-refractivity contribution in [3.05, 3.63) is 55.9 Å². The van der Waals surface area contributed by atoms with Gasteiger partial charge in [0.05, 0.1) is 26.7 Å². The Kier molecular flexibility index (Phi) is 4.42. The number of hydrogen-bond donors (Lipinski definition) is 1. The third-order valence-corrected chi connectivity index (χ3v) is 3.48. The highest BCUT2D eigenvalue weighted by Crippen LogP contribution is 2.43. The van der Waals surface area contributed by atoms with E-state index in [0.29, 0.717) is 18.2 Å². The van der Waals surface area contributed by atoms with Gasteiger partial charge in [0.25, 0.3) is 5.56 Å². The predicted molar refractivity (Wildman–Crippen MR) is 72.5 cm³/mol. The summed E-state index contributed by atoms with van der Waals surface area (Å²) in [7, 11) is 0. The third kappa shape index (κ3) is 3.48. The lowest BCUT2D eigenvalue weighted by Crippen LogP contribution is -2.18. The molecule has 0 aliphatic rings. The van der Waals surface area contributed by atoms with Crippen LogP contribution >= 0.6 is 23.2 Å². The molecule has 2 rings (SSSR count). The average molecular weight is 376 g/mol. The fraction of sp³-hybridized carbons (Fsp3) is 0.154.